The monoisotopic (exact) mass is 377 g/mol. The Balaban J connectivity index is 1.86. The summed E-state index contributed by atoms with van der Waals surface area (Å²) in [4.78, 5) is 25.5. The first kappa shape index (κ1) is 17.0. The first-order valence-corrected chi connectivity index (χ1v) is 8.52. The van der Waals surface area contributed by atoms with Gasteiger partial charge in [-0.05, 0) is 42.2 Å². The third-order valence-corrected chi connectivity index (χ3v) is 5.39. The number of carboxylic acid groups (broad SMARTS) is 1. The van der Waals surface area contributed by atoms with Crippen molar-refractivity contribution >= 4 is 23.5 Å². The van der Waals surface area contributed by atoms with Gasteiger partial charge in [0.2, 0.25) is 0 Å². The normalized spacial score (nSPS) is 20.0. The second-order valence-electron chi connectivity index (χ2n) is 6.54. The Morgan fingerprint density at radius 3 is 2.58 bits per heavy atom. The van der Waals surface area contributed by atoms with Crippen molar-refractivity contribution in [3.8, 4) is 0 Å². The van der Waals surface area contributed by atoms with E-state index in [1.807, 2.05) is 0 Å². The number of rotatable bonds is 2. The zero-order valence-electron chi connectivity index (χ0n) is 13.5. The number of hydrogen-bond acceptors (Lipinski definition) is 2. The molecule has 0 aromatic heterocycles. The maximum Gasteiger partial charge on any atom is 0.336 e. The number of alkyl halides is 2. The molecule has 2 aliphatic rings. The molecule has 4 nitrogen and oxygen atoms in total. The van der Waals surface area contributed by atoms with Crippen molar-refractivity contribution in [2.75, 3.05) is 6.54 Å². The number of nitrogens with zero attached hydrogens (tertiary/aromatic N) is 1. The Bertz CT molecular complexity index is 944. The molecule has 0 spiro atoms. The number of hydrogen-bond donors (Lipinski definition) is 1. The molecule has 1 atom stereocenters. The Morgan fingerprint density at radius 2 is 1.88 bits per heavy atom. The summed E-state index contributed by atoms with van der Waals surface area (Å²) in [7, 11) is 0. The maximum absolute atomic E-state index is 14.9. The van der Waals surface area contributed by atoms with Gasteiger partial charge in [-0.1, -0.05) is 29.8 Å². The molecule has 0 saturated carbocycles. The van der Waals surface area contributed by atoms with Crippen molar-refractivity contribution in [2.24, 2.45) is 0 Å². The van der Waals surface area contributed by atoms with Crippen LogP contribution in [0.1, 0.15) is 49.9 Å². The molecule has 2 aromatic carbocycles. The van der Waals surface area contributed by atoms with Gasteiger partial charge in [-0.3, -0.25) is 4.79 Å². The van der Waals surface area contributed by atoms with E-state index < -0.39 is 41.5 Å². The predicted octanol–water partition coefficient (Wildman–Crippen LogP) is 4.27. The highest BCUT2D eigenvalue weighted by molar-refractivity contribution is 6.33. The summed E-state index contributed by atoms with van der Waals surface area (Å²) < 4.78 is 29.9. The predicted molar refractivity (Wildman–Crippen MR) is 90.8 cm³/mol. The summed E-state index contributed by atoms with van der Waals surface area (Å²) in [6, 6.07) is 8.56. The van der Waals surface area contributed by atoms with Crippen LogP contribution in [0.2, 0.25) is 5.02 Å². The van der Waals surface area contributed by atoms with Gasteiger partial charge in [0, 0.05) is 5.56 Å². The van der Waals surface area contributed by atoms with E-state index in [1.165, 1.54) is 18.2 Å². The lowest BCUT2D eigenvalue weighted by atomic mass is 9.86. The van der Waals surface area contributed by atoms with Crippen LogP contribution in [-0.4, -0.2) is 28.4 Å². The number of benzene rings is 2. The number of aromatic carboxylic acids is 1. The second kappa shape index (κ2) is 5.77. The van der Waals surface area contributed by atoms with Crippen LogP contribution in [-0.2, 0) is 12.3 Å². The minimum absolute atomic E-state index is 0.163. The van der Waals surface area contributed by atoms with E-state index >= 15 is 0 Å². The van der Waals surface area contributed by atoms with E-state index in [-0.39, 0.29) is 16.1 Å². The molecular formula is C19H14ClF2NO3. The van der Waals surface area contributed by atoms with Crippen molar-refractivity contribution in [1.29, 1.82) is 0 Å². The number of carbonyl (C=O) groups excluding carboxylic acids is 1. The number of carbonyl (C=O) groups is 2. The van der Waals surface area contributed by atoms with E-state index in [4.69, 9.17) is 11.6 Å². The van der Waals surface area contributed by atoms with Gasteiger partial charge in [0.25, 0.3) is 11.8 Å². The fourth-order valence-electron chi connectivity index (χ4n) is 3.99. The van der Waals surface area contributed by atoms with Crippen molar-refractivity contribution in [2.45, 2.75) is 24.8 Å². The highest BCUT2D eigenvalue weighted by Gasteiger charge is 2.51. The van der Waals surface area contributed by atoms with Gasteiger partial charge >= 0.3 is 5.97 Å². The molecule has 1 amide bonds. The lowest BCUT2D eigenvalue weighted by Gasteiger charge is -2.40. The van der Waals surface area contributed by atoms with Crippen LogP contribution in [0.4, 0.5) is 8.78 Å². The topological polar surface area (TPSA) is 57.6 Å². The highest BCUT2D eigenvalue weighted by atomic mass is 35.5. The number of aryl methyl sites for hydroxylation is 1. The van der Waals surface area contributed by atoms with E-state index in [9.17, 15) is 23.5 Å². The van der Waals surface area contributed by atoms with Crippen LogP contribution in [0.5, 0.6) is 0 Å². The summed E-state index contributed by atoms with van der Waals surface area (Å²) in [6.45, 7) is -0.863. The summed E-state index contributed by atoms with van der Waals surface area (Å²) in [5.41, 5.74) is 0.267. The molecule has 7 heteroatoms. The molecule has 0 saturated heterocycles. The van der Waals surface area contributed by atoms with Crippen LogP contribution in [0.3, 0.4) is 0 Å². The maximum atomic E-state index is 14.9. The smallest absolute Gasteiger partial charge is 0.336 e. The van der Waals surface area contributed by atoms with Crippen molar-refractivity contribution < 1.29 is 23.5 Å². The van der Waals surface area contributed by atoms with Crippen molar-refractivity contribution in [3.05, 3.63) is 69.2 Å². The average molecular weight is 378 g/mol. The second-order valence-corrected chi connectivity index (χ2v) is 6.95. The SMILES string of the molecule is O=C(O)c1ccc2c3c1C(F)(F)CN(C(=O)c1ccccc1Cl)C3CC2. The molecule has 1 unspecified atom stereocenters. The van der Waals surface area contributed by atoms with Gasteiger partial charge < -0.3 is 10.0 Å². The summed E-state index contributed by atoms with van der Waals surface area (Å²) >= 11 is 6.07. The first-order valence-electron chi connectivity index (χ1n) is 8.14. The first-order chi connectivity index (χ1) is 12.3. The van der Waals surface area contributed by atoms with Gasteiger partial charge in [0.15, 0.2) is 0 Å². The van der Waals surface area contributed by atoms with Gasteiger partial charge in [-0.2, -0.15) is 8.78 Å². The fourth-order valence-corrected chi connectivity index (χ4v) is 4.20. The summed E-state index contributed by atoms with van der Waals surface area (Å²) in [5.74, 6) is -5.41. The van der Waals surface area contributed by atoms with Crippen LogP contribution >= 0.6 is 11.6 Å². The quantitative estimate of drug-likeness (QED) is 0.850. The molecule has 1 heterocycles. The molecule has 0 radical (unpaired) electrons. The van der Waals surface area contributed by atoms with Crippen LogP contribution in [0.25, 0.3) is 0 Å². The average Bonchev–Trinajstić information content (AvgIpc) is 3.02. The van der Waals surface area contributed by atoms with Crippen LogP contribution in [0, 0.1) is 0 Å². The van der Waals surface area contributed by atoms with E-state index in [2.05, 4.69) is 0 Å². The summed E-state index contributed by atoms with van der Waals surface area (Å²) in [6.07, 6.45) is 1.01. The largest absolute Gasteiger partial charge is 0.478 e. The molecule has 0 bridgehead atoms. The summed E-state index contributed by atoms with van der Waals surface area (Å²) in [5, 5.41) is 9.53. The Hall–Kier alpha value is -2.47. The van der Waals surface area contributed by atoms with Gasteiger partial charge in [0.1, 0.15) is 0 Å². The van der Waals surface area contributed by atoms with Crippen molar-refractivity contribution in [1.82, 2.24) is 4.90 Å². The molecule has 1 N–H and O–H groups in total. The molecule has 2 aromatic rings. The van der Waals surface area contributed by atoms with Gasteiger partial charge in [-0.25, -0.2) is 4.79 Å². The lowest BCUT2D eigenvalue weighted by molar-refractivity contribution is -0.0547. The van der Waals surface area contributed by atoms with Crippen LogP contribution < -0.4 is 0 Å². The molecule has 134 valence electrons. The zero-order chi connectivity index (χ0) is 18.6. The molecule has 4 rings (SSSR count). The van der Waals surface area contributed by atoms with Crippen LogP contribution in [0.15, 0.2) is 36.4 Å². The Labute approximate surface area is 153 Å². The lowest BCUT2D eigenvalue weighted by Crippen LogP contribution is -2.46. The molecule has 1 aliphatic carbocycles. The zero-order valence-corrected chi connectivity index (χ0v) is 14.3. The van der Waals surface area contributed by atoms with Gasteiger partial charge in [0.05, 0.1) is 28.7 Å². The minimum Gasteiger partial charge on any atom is -0.478 e. The Kier molecular flexibility index (Phi) is 3.77. The minimum atomic E-state index is -3.45. The molecular weight excluding hydrogens is 364 g/mol. The molecule has 0 fully saturated rings. The third kappa shape index (κ3) is 2.40. The molecule has 26 heavy (non-hydrogen) atoms. The number of amides is 1. The highest BCUT2D eigenvalue weighted by Crippen LogP contribution is 2.50. The standard InChI is InChI=1S/C19H14ClF2NO3/c20-13-4-2-1-3-11(13)17(24)23-9-19(21,22)16-12(18(25)26)7-5-10-6-8-14(23)15(10)16/h1-5,7,14H,6,8-9H2,(H,25,26). The third-order valence-electron chi connectivity index (χ3n) is 5.06. The van der Waals surface area contributed by atoms with E-state index in [0.717, 1.165) is 4.90 Å². The fraction of sp³-hybridized carbons (Fsp3) is 0.263. The van der Waals surface area contributed by atoms with E-state index in [0.29, 0.717) is 18.4 Å². The van der Waals surface area contributed by atoms with Crippen molar-refractivity contribution in [3.63, 3.8) is 0 Å². The molecule has 1 aliphatic heterocycles. The Morgan fingerprint density at radius 1 is 1.15 bits per heavy atom. The van der Waals surface area contributed by atoms with Gasteiger partial charge in [-0.15, -0.1) is 0 Å². The number of carboxylic acids is 1. The number of halogens is 3. The van der Waals surface area contributed by atoms with E-state index in [1.54, 1.807) is 18.2 Å².